The number of nitrogens with one attached hydrogen (secondary N) is 1. The topological polar surface area (TPSA) is 66.4 Å². The Morgan fingerprint density at radius 3 is 2.62 bits per heavy atom. The number of halogens is 1. The standard InChI is InChI=1S/C14H16ClNO3S2/c1-14(17,13-7-4-8-20-13)10-16-21(18,19)9-11-5-2-3-6-12(11)15/h2-8,16-17H,9-10H2,1H3. The zero-order valence-electron chi connectivity index (χ0n) is 11.4. The highest BCUT2D eigenvalue weighted by molar-refractivity contribution is 7.88. The van der Waals surface area contributed by atoms with Crippen molar-refractivity contribution in [3.8, 4) is 0 Å². The van der Waals surface area contributed by atoms with Crippen LogP contribution in [0.1, 0.15) is 17.4 Å². The molecular formula is C14H16ClNO3S2. The summed E-state index contributed by atoms with van der Waals surface area (Å²) >= 11 is 7.34. The number of hydrogen-bond donors (Lipinski definition) is 2. The van der Waals surface area contributed by atoms with Crippen molar-refractivity contribution < 1.29 is 13.5 Å². The maximum absolute atomic E-state index is 12.1. The highest BCUT2D eigenvalue weighted by Crippen LogP contribution is 2.25. The van der Waals surface area contributed by atoms with E-state index in [-0.39, 0.29) is 12.3 Å². The summed E-state index contributed by atoms with van der Waals surface area (Å²) in [6, 6.07) is 10.4. The Hall–Kier alpha value is -0.920. The van der Waals surface area contributed by atoms with Gasteiger partial charge in [-0.25, -0.2) is 13.1 Å². The minimum absolute atomic E-state index is 0.0830. The molecule has 0 amide bonds. The van der Waals surface area contributed by atoms with Gasteiger partial charge in [0.1, 0.15) is 5.60 Å². The van der Waals surface area contributed by atoms with E-state index in [2.05, 4.69) is 4.72 Å². The van der Waals surface area contributed by atoms with Crippen molar-refractivity contribution in [2.45, 2.75) is 18.3 Å². The van der Waals surface area contributed by atoms with E-state index < -0.39 is 15.6 Å². The van der Waals surface area contributed by atoms with Gasteiger partial charge in [0, 0.05) is 16.4 Å². The van der Waals surface area contributed by atoms with Gasteiger partial charge in [0.15, 0.2) is 0 Å². The third kappa shape index (κ3) is 4.52. The Kier molecular flexibility index (Phi) is 5.06. The number of sulfonamides is 1. The van der Waals surface area contributed by atoms with Crippen LogP contribution >= 0.6 is 22.9 Å². The van der Waals surface area contributed by atoms with Gasteiger partial charge in [0.25, 0.3) is 0 Å². The molecule has 0 fully saturated rings. The molecule has 0 aliphatic rings. The van der Waals surface area contributed by atoms with Crippen LogP contribution in [0.15, 0.2) is 41.8 Å². The van der Waals surface area contributed by atoms with Crippen LogP contribution in [-0.2, 0) is 21.4 Å². The van der Waals surface area contributed by atoms with Gasteiger partial charge in [-0.3, -0.25) is 0 Å². The molecule has 1 heterocycles. The van der Waals surface area contributed by atoms with Crippen LogP contribution in [0, 0.1) is 0 Å². The second-order valence-corrected chi connectivity index (χ2v) is 8.08. The molecule has 2 rings (SSSR count). The van der Waals surface area contributed by atoms with Gasteiger partial charge in [-0.15, -0.1) is 11.3 Å². The lowest BCUT2D eigenvalue weighted by Gasteiger charge is -2.22. The van der Waals surface area contributed by atoms with Gasteiger partial charge in [-0.2, -0.15) is 0 Å². The minimum Gasteiger partial charge on any atom is -0.383 e. The molecule has 7 heteroatoms. The molecule has 0 aliphatic carbocycles. The summed E-state index contributed by atoms with van der Waals surface area (Å²) in [7, 11) is -3.57. The predicted molar refractivity (Wildman–Crippen MR) is 86.0 cm³/mol. The van der Waals surface area contributed by atoms with Gasteiger partial charge in [0.05, 0.1) is 5.75 Å². The van der Waals surface area contributed by atoms with Gasteiger partial charge in [-0.05, 0) is 30.0 Å². The quantitative estimate of drug-likeness (QED) is 0.846. The van der Waals surface area contributed by atoms with E-state index in [0.29, 0.717) is 15.5 Å². The van der Waals surface area contributed by atoms with Crippen molar-refractivity contribution >= 4 is 33.0 Å². The lowest BCUT2D eigenvalue weighted by atomic mass is 10.1. The third-order valence-electron chi connectivity index (χ3n) is 2.99. The maximum atomic E-state index is 12.1. The summed E-state index contributed by atoms with van der Waals surface area (Å²) in [5, 5.41) is 12.6. The van der Waals surface area contributed by atoms with Crippen LogP contribution < -0.4 is 4.72 Å². The summed E-state index contributed by atoms with van der Waals surface area (Å²) in [6.45, 7) is 1.50. The lowest BCUT2D eigenvalue weighted by Crippen LogP contribution is -2.38. The van der Waals surface area contributed by atoms with Crippen molar-refractivity contribution in [3.05, 3.63) is 57.2 Å². The van der Waals surface area contributed by atoms with E-state index in [1.807, 2.05) is 11.4 Å². The largest absolute Gasteiger partial charge is 0.383 e. The van der Waals surface area contributed by atoms with E-state index in [1.165, 1.54) is 11.3 Å². The zero-order valence-corrected chi connectivity index (χ0v) is 13.8. The molecule has 1 aromatic heterocycles. The Balaban J connectivity index is 2.04. The van der Waals surface area contributed by atoms with E-state index >= 15 is 0 Å². The van der Waals surface area contributed by atoms with Crippen molar-refractivity contribution in [3.63, 3.8) is 0 Å². The molecule has 114 valence electrons. The van der Waals surface area contributed by atoms with Crippen molar-refractivity contribution in [2.75, 3.05) is 6.54 Å². The first-order chi connectivity index (χ1) is 9.80. The average molecular weight is 346 g/mol. The van der Waals surface area contributed by atoms with Crippen LogP contribution in [0.3, 0.4) is 0 Å². The van der Waals surface area contributed by atoms with E-state index in [0.717, 1.165) is 0 Å². The van der Waals surface area contributed by atoms with Gasteiger partial charge in [0.2, 0.25) is 10.0 Å². The van der Waals surface area contributed by atoms with Crippen LogP contribution in [0.5, 0.6) is 0 Å². The second-order valence-electron chi connectivity index (χ2n) is 4.92. The molecule has 0 aliphatic heterocycles. The number of hydrogen-bond acceptors (Lipinski definition) is 4. The molecule has 0 bridgehead atoms. The number of rotatable bonds is 6. The summed E-state index contributed by atoms with van der Waals surface area (Å²) < 4.78 is 26.6. The number of aliphatic hydroxyl groups is 1. The molecule has 0 spiro atoms. The molecule has 0 radical (unpaired) electrons. The van der Waals surface area contributed by atoms with E-state index in [9.17, 15) is 13.5 Å². The lowest BCUT2D eigenvalue weighted by molar-refractivity contribution is 0.0666. The summed E-state index contributed by atoms with van der Waals surface area (Å²) in [6.07, 6.45) is 0. The Bertz CT molecular complexity index is 697. The van der Waals surface area contributed by atoms with Crippen LogP contribution in [-0.4, -0.2) is 20.1 Å². The first kappa shape index (κ1) is 16.5. The van der Waals surface area contributed by atoms with Gasteiger partial charge >= 0.3 is 0 Å². The monoisotopic (exact) mass is 345 g/mol. The third-order valence-corrected chi connectivity index (χ3v) is 5.76. The zero-order chi connectivity index (χ0) is 15.5. The van der Waals surface area contributed by atoms with Gasteiger partial charge in [-0.1, -0.05) is 35.9 Å². The summed E-state index contributed by atoms with van der Waals surface area (Å²) in [4.78, 5) is 0.711. The first-order valence-electron chi connectivity index (χ1n) is 6.27. The maximum Gasteiger partial charge on any atom is 0.215 e. The molecule has 1 aromatic carbocycles. The van der Waals surface area contributed by atoms with Crippen LogP contribution in [0.4, 0.5) is 0 Å². The molecule has 0 saturated heterocycles. The molecule has 2 aromatic rings. The highest BCUT2D eigenvalue weighted by atomic mass is 35.5. The Morgan fingerprint density at radius 1 is 1.29 bits per heavy atom. The van der Waals surface area contributed by atoms with E-state index in [1.54, 1.807) is 37.3 Å². The second kappa shape index (κ2) is 6.46. The molecule has 21 heavy (non-hydrogen) atoms. The molecule has 4 nitrogen and oxygen atoms in total. The molecule has 2 N–H and O–H groups in total. The molecular weight excluding hydrogens is 330 g/mol. The summed E-state index contributed by atoms with van der Waals surface area (Å²) in [5.41, 5.74) is -0.704. The molecule has 0 saturated carbocycles. The Morgan fingerprint density at radius 2 is 2.00 bits per heavy atom. The van der Waals surface area contributed by atoms with Crippen molar-refractivity contribution in [1.82, 2.24) is 4.72 Å². The minimum atomic E-state index is -3.57. The van der Waals surface area contributed by atoms with Crippen molar-refractivity contribution in [1.29, 1.82) is 0 Å². The Labute approximate surface area is 133 Å². The van der Waals surface area contributed by atoms with Gasteiger partial charge < -0.3 is 5.11 Å². The number of thiophene rings is 1. The number of benzene rings is 1. The average Bonchev–Trinajstić information content (AvgIpc) is 2.94. The predicted octanol–water partition coefficient (Wildman–Crippen LogP) is 2.73. The normalized spacial score (nSPS) is 14.8. The molecule has 1 atom stereocenters. The van der Waals surface area contributed by atoms with E-state index in [4.69, 9.17) is 11.6 Å². The van der Waals surface area contributed by atoms with Crippen LogP contribution in [0.25, 0.3) is 0 Å². The smallest absolute Gasteiger partial charge is 0.215 e. The first-order valence-corrected chi connectivity index (χ1v) is 9.18. The fourth-order valence-corrected chi connectivity index (χ4v) is 4.13. The summed E-state index contributed by atoms with van der Waals surface area (Å²) in [5.74, 6) is -0.215. The fraction of sp³-hybridized carbons (Fsp3) is 0.286. The van der Waals surface area contributed by atoms with Crippen LogP contribution in [0.2, 0.25) is 5.02 Å². The van der Waals surface area contributed by atoms with Crippen molar-refractivity contribution in [2.24, 2.45) is 0 Å². The fourth-order valence-electron chi connectivity index (χ4n) is 1.79. The molecule has 1 unspecified atom stereocenters. The highest BCUT2D eigenvalue weighted by Gasteiger charge is 2.26. The SMILES string of the molecule is CC(O)(CNS(=O)(=O)Cc1ccccc1Cl)c1cccs1.